The first-order valence-electron chi connectivity index (χ1n) is 9.88. The number of rotatable bonds is 6. The number of aromatic amines is 1. The summed E-state index contributed by atoms with van der Waals surface area (Å²) in [5.41, 5.74) is 4.46. The zero-order valence-electron chi connectivity index (χ0n) is 16.2. The second-order valence-corrected chi connectivity index (χ2v) is 8.25. The summed E-state index contributed by atoms with van der Waals surface area (Å²) in [6.07, 6.45) is 6.36. The average molecular weight is 462 g/mol. The quantitative estimate of drug-likeness (QED) is 0.453. The number of aromatic nitrogens is 4. The van der Waals surface area contributed by atoms with Gasteiger partial charge in [0.1, 0.15) is 5.69 Å². The van der Waals surface area contributed by atoms with Crippen molar-refractivity contribution in [2.45, 2.75) is 19.0 Å². The normalized spacial score (nSPS) is 15.6. The molecule has 4 aromatic rings. The van der Waals surface area contributed by atoms with Crippen molar-refractivity contribution in [2.24, 2.45) is 0 Å². The van der Waals surface area contributed by atoms with Gasteiger partial charge in [-0.25, -0.2) is 4.98 Å². The van der Waals surface area contributed by atoms with Gasteiger partial charge in [0.05, 0.1) is 18.1 Å². The molecule has 0 fully saturated rings. The van der Waals surface area contributed by atoms with E-state index < -0.39 is 0 Å². The molecule has 0 spiro atoms. The molecule has 1 atom stereocenters. The maximum absolute atomic E-state index is 13.3. The number of H-pyrrole nitrogens is 1. The number of nitrogens with one attached hydrogen (secondary N) is 1. The Bertz CT molecular complexity index is 1150. The molecule has 3 heterocycles. The van der Waals surface area contributed by atoms with Crippen LogP contribution in [0.25, 0.3) is 11.3 Å². The van der Waals surface area contributed by atoms with Gasteiger partial charge in [0.25, 0.3) is 5.91 Å². The number of fused-ring (bicyclic) bond motifs is 1. The SMILES string of the molecule is O=C1c2[nH]nc(-c3ccccc3)c2C(c2ccc(Br)cc2)N1CCCn1ccnc1. The Morgan fingerprint density at radius 1 is 1.03 bits per heavy atom. The summed E-state index contributed by atoms with van der Waals surface area (Å²) in [6, 6.07) is 18.0. The van der Waals surface area contributed by atoms with E-state index in [4.69, 9.17) is 0 Å². The van der Waals surface area contributed by atoms with Crippen LogP contribution in [0.5, 0.6) is 0 Å². The van der Waals surface area contributed by atoms with Crippen molar-refractivity contribution in [3.05, 3.63) is 94.6 Å². The van der Waals surface area contributed by atoms with Crippen molar-refractivity contribution in [3.8, 4) is 11.3 Å². The summed E-state index contributed by atoms with van der Waals surface area (Å²) in [6.45, 7) is 1.46. The number of imidazole rings is 1. The Kier molecular flexibility index (Phi) is 4.96. The summed E-state index contributed by atoms with van der Waals surface area (Å²) in [5, 5.41) is 7.53. The van der Waals surface area contributed by atoms with Crippen LogP contribution >= 0.6 is 15.9 Å². The van der Waals surface area contributed by atoms with Crippen LogP contribution in [-0.2, 0) is 6.54 Å². The molecule has 1 amide bonds. The number of benzene rings is 2. The predicted octanol–water partition coefficient (Wildman–Crippen LogP) is 4.67. The molecule has 1 N–H and O–H groups in total. The van der Waals surface area contributed by atoms with E-state index in [0.29, 0.717) is 12.2 Å². The minimum atomic E-state index is -0.169. The zero-order chi connectivity index (χ0) is 20.5. The van der Waals surface area contributed by atoms with Gasteiger partial charge in [-0.05, 0) is 24.1 Å². The first-order valence-corrected chi connectivity index (χ1v) is 10.7. The standard InChI is InChI=1S/C23H20BrN5O/c24-18-9-7-17(8-10-18)22-19-20(16-5-2-1-3-6-16)26-27-21(19)23(30)29(22)13-4-12-28-14-11-25-15-28/h1-3,5-11,14-15,22H,4,12-13H2,(H,26,27). The highest BCUT2D eigenvalue weighted by molar-refractivity contribution is 9.10. The summed E-state index contributed by atoms with van der Waals surface area (Å²) in [4.78, 5) is 19.4. The molecule has 7 heteroatoms. The van der Waals surface area contributed by atoms with Crippen LogP contribution in [0.3, 0.4) is 0 Å². The maximum atomic E-state index is 13.3. The molecule has 0 bridgehead atoms. The highest BCUT2D eigenvalue weighted by Crippen LogP contribution is 2.42. The monoisotopic (exact) mass is 461 g/mol. The van der Waals surface area contributed by atoms with Crippen molar-refractivity contribution < 1.29 is 4.79 Å². The Balaban J connectivity index is 1.52. The van der Waals surface area contributed by atoms with Gasteiger partial charge in [-0.2, -0.15) is 5.10 Å². The number of carbonyl (C=O) groups is 1. The minimum Gasteiger partial charge on any atom is -0.337 e. The van der Waals surface area contributed by atoms with Crippen LogP contribution in [0.4, 0.5) is 0 Å². The minimum absolute atomic E-state index is 0.00164. The summed E-state index contributed by atoms with van der Waals surface area (Å²) < 4.78 is 3.05. The van der Waals surface area contributed by atoms with E-state index in [1.165, 1.54) is 0 Å². The molecule has 1 aliphatic heterocycles. The van der Waals surface area contributed by atoms with E-state index in [2.05, 4.69) is 43.2 Å². The van der Waals surface area contributed by atoms with Crippen molar-refractivity contribution in [3.63, 3.8) is 0 Å². The van der Waals surface area contributed by atoms with Crippen molar-refractivity contribution in [1.82, 2.24) is 24.6 Å². The zero-order valence-corrected chi connectivity index (χ0v) is 17.8. The van der Waals surface area contributed by atoms with Gasteiger partial charge in [0, 0.05) is 41.1 Å². The highest BCUT2D eigenvalue weighted by Gasteiger charge is 2.41. The van der Waals surface area contributed by atoms with Crippen molar-refractivity contribution >= 4 is 21.8 Å². The fourth-order valence-corrected chi connectivity index (χ4v) is 4.34. The molecule has 0 saturated heterocycles. The van der Waals surface area contributed by atoms with Crippen LogP contribution in [-0.4, -0.2) is 37.1 Å². The molecule has 6 nitrogen and oxygen atoms in total. The molecule has 150 valence electrons. The van der Waals surface area contributed by atoms with Crippen LogP contribution < -0.4 is 0 Å². The molecule has 1 aliphatic rings. The molecule has 0 aliphatic carbocycles. The lowest BCUT2D eigenvalue weighted by Gasteiger charge is -2.26. The van der Waals surface area contributed by atoms with E-state index in [9.17, 15) is 4.79 Å². The first-order chi connectivity index (χ1) is 14.7. The topological polar surface area (TPSA) is 66.8 Å². The van der Waals surface area contributed by atoms with Crippen molar-refractivity contribution in [2.75, 3.05) is 6.54 Å². The van der Waals surface area contributed by atoms with Crippen LogP contribution in [0, 0.1) is 0 Å². The first kappa shape index (κ1) is 18.8. The van der Waals surface area contributed by atoms with E-state index in [1.807, 2.05) is 58.1 Å². The lowest BCUT2D eigenvalue weighted by molar-refractivity contribution is 0.0739. The number of amides is 1. The number of carbonyl (C=O) groups excluding carboxylic acids is 1. The van der Waals surface area contributed by atoms with Gasteiger partial charge < -0.3 is 9.47 Å². The van der Waals surface area contributed by atoms with Crippen molar-refractivity contribution in [1.29, 1.82) is 0 Å². The molecule has 2 aromatic carbocycles. The Hall–Kier alpha value is -3.19. The largest absolute Gasteiger partial charge is 0.337 e. The number of aryl methyl sites for hydroxylation is 1. The Labute approximate surface area is 182 Å². The number of hydrogen-bond acceptors (Lipinski definition) is 3. The van der Waals surface area contributed by atoms with Crippen LogP contribution in [0.1, 0.15) is 34.1 Å². The Morgan fingerprint density at radius 2 is 1.83 bits per heavy atom. The number of nitrogens with zero attached hydrogens (tertiary/aromatic N) is 4. The van der Waals surface area contributed by atoms with Gasteiger partial charge in [-0.15, -0.1) is 0 Å². The summed E-state index contributed by atoms with van der Waals surface area (Å²) >= 11 is 3.51. The maximum Gasteiger partial charge on any atom is 0.273 e. The molecule has 0 radical (unpaired) electrons. The summed E-state index contributed by atoms with van der Waals surface area (Å²) in [5.74, 6) is -0.00164. The van der Waals surface area contributed by atoms with Gasteiger partial charge in [-0.1, -0.05) is 58.4 Å². The Morgan fingerprint density at radius 3 is 2.57 bits per heavy atom. The van der Waals surface area contributed by atoms with Gasteiger partial charge in [-0.3, -0.25) is 9.89 Å². The fraction of sp³-hybridized carbons (Fsp3) is 0.174. The third kappa shape index (κ3) is 3.35. The van der Waals surface area contributed by atoms with Gasteiger partial charge in [0.2, 0.25) is 0 Å². The fourth-order valence-electron chi connectivity index (χ4n) is 4.08. The third-order valence-corrected chi connectivity index (χ3v) is 6.00. The number of hydrogen-bond donors (Lipinski definition) is 1. The molecule has 30 heavy (non-hydrogen) atoms. The molecular weight excluding hydrogens is 442 g/mol. The molecule has 1 unspecified atom stereocenters. The van der Waals surface area contributed by atoms with E-state index in [0.717, 1.165) is 39.8 Å². The third-order valence-electron chi connectivity index (χ3n) is 5.47. The van der Waals surface area contributed by atoms with E-state index in [-0.39, 0.29) is 11.9 Å². The van der Waals surface area contributed by atoms with E-state index >= 15 is 0 Å². The highest BCUT2D eigenvalue weighted by atomic mass is 79.9. The lowest BCUT2D eigenvalue weighted by Crippen LogP contribution is -2.31. The van der Waals surface area contributed by atoms with Crippen LogP contribution in [0.15, 0.2) is 77.8 Å². The average Bonchev–Trinajstić information content (AvgIpc) is 3.49. The smallest absolute Gasteiger partial charge is 0.273 e. The molecular formula is C23H20BrN5O. The molecule has 2 aromatic heterocycles. The second-order valence-electron chi connectivity index (χ2n) is 7.33. The van der Waals surface area contributed by atoms with Crippen LogP contribution in [0.2, 0.25) is 0 Å². The lowest BCUT2D eigenvalue weighted by atomic mass is 9.96. The number of halogens is 1. The van der Waals surface area contributed by atoms with E-state index in [1.54, 1.807) is 12.5 Å². The van der Waals surface area contributed by atoms with Gasteiger partial charge in [0.15, 0.2) is 0 Å². The second kappa shape index (κ2) is 7.91. The van der Waals surface area contributed by atoms with Gasteiger partial charge >= 0.3 is 0 Å². The molecule has 0 saturated carbocycles. The predicted molar refractivity (Wildman–Crippen MR) is 118 cm³/mol. The summed E-state index contributed by atoms with van der Waals surface area (Å²) in [7, 11) is 0. The molecule has 5 rings (SSSR count).